The predicted molar refractivity (Wildman–Crippen MR) is 91.6 cm³/mol. The van der Waals surface area contributed by atoms with Gasteiger partial charge in [0, 0.05) is 27.9 Å². The van der Waals surface area contributed by atoms with Gasteiger partial charge in [-0.25, -0.2) is 19.4 Å². The summed E-state index contributed by atoms with van der Waals surface area (Å²) in [5.74, 6) is -1.78. The van der Waals surface area contributed by atoms with E-state index in [0.29, 0.717) is 16.2 Å². The van der Waals surface area contributed by atoms with Crippen molar-refractivity contribution in [2.45, 2.75) is 6.92 Å². The Bertz CT molecular complexity index is 1080. The molecule has 2 aromatic carbocycles. The largest absolute Gasteiger partial charge is 0.507 e. The van der Waals surface area contributed by atoms with Crippen molar-refractivity contribution in [1.82, 2.24) is 0 Å². The number of aromatic hydroxyl groups is 1. The summed E-state index contributed by atoms with van der Waals surface area (Å²) in [5, 5.41) is 12.7. The van der Waals surface area contributed by atoms with E-state index in [-0.39, 0.29) is 23.1 Å². The highest BCUT2D eigenvalue weighted by molar-refractivity contribution is 7.84. The molecular weight excluding hydrogens is 343 g/mol. The maximum atomic E-state index is 13.3. The van der Waals surface area contributed by atoms with E-state index < -0.39 is 19.1 Å². The number of hydrogen-bond acceptors (Lipinski definition) is 6. The fraction of sp³-hybridized carbons (Fsp3) is 0.111. The van der Waals surface area contributed by atoms with Crippen LogP contribution in [0.25, 0.3) is 16.1 Å². The standard InChI is InChI=1S/C18H13O6P/c1-9(2)17(20)23-24-18(21)12-8-25(22)14-7-13(19)15(16(12)25)11-6-4-3-5-10(11)14/h3-7,19H,1,8H2,2H3. The molecule has 5 rings (SSSR count). The van der Waals surface area contributed by atoms with Gasteiger partial charge in [0.1, 0.15) is 12.9 Å². The Morgan fingerprint density at radius 2 is 1.88 bits per heavy atom. The van der Waals surface area contributed by atoms with Crippen LogP contribution in [0.5, 0.6) is 5.75 Å². The van der Waals surface area contributed by atoms with Gasteiger partial charge in [0.25, 0.3) is 0 Å². The summed E-state index contributed by atoms with van der Waals surface area (Å²) in [6.07, 6.45) is 0.0166. The molecule has 0 saturated carbocycles. The summed E-state index contributed by atoms with van der Waals surface area (Å²) in [5.41, 5.74) is 0.624. The molecule has 3 aliphatic rings. The molecule has 0 radical (unpaired) electrons. The van der Waals surface area contributed by atoms with Gasteiger partial charge in [-0.1, -0.05) is 30.8 Å². The van der Waals surface area contributed by atoms with Crippen LogP contribution in [0.15, 0.2) is 48.1 Å². The van der Waals surface area contributed by atoms with Crippen molar-refractivity contribution < 1.29 is 29.0 Å². The lowest BCUT2D eigenvalue weighted by Crippen LogP contribution is -2.30. The second-order valence-corrected chi connectivity index (χ2v) is 8.81. The Morgan fingerprint density at radius 3 is 2.56 bits per heavy atom. The van der Waals surface area contributed by atoms with Crippen molar-refractivity contribution in [2.24, 2.45) is 0 Å². The second-order valence-electron chi connectivity index (χ2n) is 6.08. The third-order valence-electron chi connectivity index (χ3n) is 4.44. The highest BCUT2D eigenvalue weighted by Crippen LogP contribution is 2.73. The molecule has 1 unspecified atom stereocenters. The SMILES string of the molecule is C=C(C)C(=O)OOC(=O)C1=C2c3c(O)cc(c4ccccc34)P2(=O)C1. The molecule has 7 heteroatoms. The van der Waals surface area contributed by atoms with Crippen LogP contribution in [-0.2, 0) is 23.9 Å². The predicted octanol–water partition coefficient (Wildman–Crippen LogP) is 2.85. The van der Waals surface area contributed by atoms with E-state index in [4.69, 9.17) is 0 Å². The normalized spacial score (nSPS) is 20.0. The van der Waals surface area contributed by atoms with E-state index in [1.807, 2.05) is 12.1 Å². The zero-order chi connectivity index (χ0) is 17.9. The van der Waals surface area contributed by atoms with Gasteiger partial charge >= 0.3 is 11.9 Å². The number of phenols is 1. The molecule has 126 valence electrons. The number of carbonyl (C=O) groups excluding carboxylic acids is 2. The lowest BCUT2D eigenvalue weighted by atomic mass is 9.99. The van der Waals surface area contributed by atoms with E-state index >= 15 is 0 Å². The van der Waals surface area contributed by atoms with Crippen LogP contribution < -0.4 is 5.30 Å². The Morgan fingerprint density at radius 1 is 1.20 bits per heavy atom. The van der Waals surface area contributed by atoms with Crippen molar-refractivity contribution in [3.05, 3.63) is 53.6 Å². The molecule has 1 atom stereocenters. The lowest BCUT2D eigenvalue weighted by Gasteiger charge is -2.38. The van der Waals surface area contributed by atoms with E-state index in [0.717, 1.165) is 10.8 Å². The molecule has 3 heterocycles. The molecular formula is C18H13O6P. The summed E-state index contributed by atoms with van der Waals surface area (Å²) in [7, 11) is -2.94. The second kappa shape index (κ2) is 5.07. The van der Waals surface area contributed by atoms with Crippen molar-refractivity contribution in [2.75, 3.05) is 6.16 Å². The van der Waals surface area contributed by atoms with Gasteiger partial charge < -0.3 is 9.67 Å². The molecule has 0 fully saturated rings. The van der Waals surface area contributed by atoms with E-state index in [9.17, 15) is 19.3 Å². The summed E-state index contributed by atoms with van der Waals surface area (Å²) < 4.78 is 13.3. The first-order valence-electron chi connectivity index (χ1n) is 7.51. The lowest BCUT2D eigenvalue weighted by molar-refractivity contribution is -0.252. The third-order valence-corrected chi connectivity index (χ3v) is 7.57. The van der Waals surface area contributed by atoms with Crippen LogP contribution >= 0.6 is 7.14 Å². The Hall–Kier alpha value is -2.85. The molecule has 1 N–H and O–H groups in total. The zero-order valence-corrected chi connectivity index (χ0v) is 14.1. The van der Waals surface area contributed by atoms with Gasteiger partial charge in [0.15, 0.2) is 0 Å². The molecule has 3 aliphatic heterocycles. The Balaban J connectivity index is 1.80. The highest BCUT2D eigenvalue weighted by atomic mass is 31.2. The van der Waals surface area contributed by atoms with Crippen LogP contribution in [0.4, 0.5) is 0 Å². The molecule has 0 spiro atoms. The Kier molecular flexibility index (Phi) is 3.18. The van der Waals surface area contributed by atoms with Crippen molar-refractivity contribution >= 4 is 40.5 Å². The summed E-state index contributed by atoms with van der Waals surface area (Å²) in [6, 6.07) is 8.78. The molecule has 0 aromatic heterocycles. The number of carbonyl (C=O) groups is 2. The van der Waals surface area contributed by atoms with Crippen molar-refractivity contribution in [1.29, 1.82) is 0 Å². The monoisotopic (exact) mass is 356 g/mol. The first kappa shape index (κ1) is 15.7. The minimum absolute atomic E-state index is 0.0166. The van der Waals surface area contributed by atoms with Crippen LogP contribution in [0, 0.1) is 0 Å². The molecule has 2 aromatic rings. The van der Waals surface area contributed by atoms with Gasteiger partial charge in [-0.15, -0.1) is 0 Å². The molecule has 0 amide bonds. The molecule has 0 aliphatic carbocycles. The summed E-state index contributed by atoms with van der Waals surface area (Å²) in [6.45, 7) is 4.80. The quantitative estimate of drug-likeness (QED) is 0.385. The maximum Gasteiger partial charge on any atom is 0.383 e. The number of hydrogen-bond donors (Lipinski definition) is 1. The maximum absolute atomic E-state index is 13.3. The first-order valence-corrected chi connectivity index (χ1v) is 9.41. The van der Waals surface area contributed by atoms with Crippen LogP contribution in [0.3, 0.4) is 0 Å². The fourth-order valence-corrected chi connectivity index (χ4v) is 6.44. The summed E-state index contributed by atoms with van der Waals surface area (Å²) in [4.78, 5) is 32.5. The molecule has 6 nitrogen and oxygen atoms in total. The third kappa shape index (κ3) is 2.01. The van der Waals surface area contributed by atoms with E-state index in [1.54, 1.807) is 12.1 Å². The van der Waals surface area contributed by atoms with Crippen LogP contribution in [0.2, 0.25) is 0 Å². The van der Waals surface area contributed by atoms with E-state index in [2.05, 4.69) is 16.4 Å². The molecule has 25 heavy (non-hydrogen) atoms. The van der Waals surface area contributed by atoms with Gasteiger partial charge in [0.2, 0.25) is 0 Å². The van der Waals surface area contributed by atoms with Gasteiger partial charge in [-0.2, -0.15) is 0 Å². The van der Waals surface area contributed by atoms with Crippen molar-refractivity contribution in [3.63, 3.8) is 0 Å². The first-order chi connectivity index (χ1) is 11.8. The van der Waals surface area contributed by atoms with E-state index in [1.165, 1.54) is 13.0 Å². The topological polar surface area (TPSA) is 89.9 Å². The zero-order valence-electron chi connectivity index (χ0n) is 13.2. The highest BCUT2D eigenvalue weighted by Gasteiger charge is 2.52. The van der Waals surface area contributed by atoms with Gasteiger partial charge in [-0.05, 0) is 23.8 Å². The average molecular weight is 356 g/mol. The number of fused-ring (bicyclic) bond motifs is 1. The number of phenolic OH excluding ortho intramolecular Hbond substituents is 1. The van der Waals surface area contributed by atoms with Gasteiger partial charge in [-0.3, -0.25) is 0 Å². The van der Waals surface area contributed by atoms with Crippen molar-refractivity contribution in [3.8, 4) is 5.75 Å². The summed E-state index contributed by atoms with van der Waals surface area (Å²) >= 11 is 0. The molecule has 0 saturated heterocycles. The van der Waals surface area contributed by atoms with Crippen LogP contribution in [0.1, 0.15) is 12.5 Å². The molecule has 2 bridgehead atoms. The number of rotatable bonds is 2. The minimum Gasteiger partial charge on any atom is -0.507 e. The van der Waals surface area contributed by atoms with Crippen LogP contribution in [-0.4, -0.2) is 23.2 Å². The minimum atomic E-state index is -2.94. The van der Waals surface area contributed by atoms with Gasteiger partial charge in [0.05, 0.1) is 5.57 Å². The fourth-order valence-electron chi connectivity index (χ4n) is 3.29. The average Bonchev–Trinajstić information content (AvgIpc) is 2.57. The number of benzene rings is 2. The smallest absolute Gasteiger partial charge is 0.383 e. The Labute approximate surface area is 142 Å².